The van der Waals surface area contributed by atoms with E-state index >= 15 is 0 Å². The maximum absolute atomic E-state index is 12.7. The zero-order valence-corrected chi connectivity index (χ0v) is 9.88. The van der Waals surface area contributed by atoms with E-state index in [0.717, 1.165) is 5.82 Å². The number of nitrogens with zero attached hydrogens (tertiary/aromatic N) is 3. The van der Waals surface area contributed by atoms with Gasteiger partial charge in [-0.1, -0.05) is 6.08 Å². The highest BCUT2D eigenvalue weighted by Gasteiger charge is 2.02. The molecule has 0 radical (unpaired) electrons. The fraction of sp³-hybridized carbons (Fsp3) is 0.154. The molecule has 0 aliphatic carbocycles. The first-order valence-corrected chi connectivity index (χ1v) is 5.46. The van der Waals surface area contributed by atoms with E-state index in [2.05, 4.69) is 10.2 Å². The van der Waals surface area contributed by atoms with E-state index in [1.165, 1.54) is 30.3 Å². The van der Waals surface area contributed by atoms with Gasteiger partial charge in [0.05, 0.1) is 0 Å². The van der Waals surface area contributed by atoms with Crippen molar-refractivity contribution in [3.63, 3.8) is 0 Å². The van der Waals surface area contributed by atoms with Crippen LogP contribution >= 0.6 is 0 Å². The van der Waals surface area contributed by atoms with Crippen LogP contribution in [0.5, 0.6) is 0 Å². The molecule has 2 rings (SSSR count). The summed E-state index contributed by atoms with van der Waals surface area (Å²) in [6, 6.07) is 5.46. The minimum atomic E-state index is -0.352. The van der Waals surface area contributed by atoms with Gasteiger partial charge in [-0.3, -0.25) is 4.79 Å². The minimum absolute atomic E-state index is 0.155. The van der Waals surface area contributed by atoms with Crippen LogP contribution in [0.15, 0.2) is 42.7 Å². The lowest BCUT2D eigenvalue weighted by molar-refractivity contribution is 0.104. The second-order valence-corrected chi connectivity index (χ2v) is 3.84. The lowest BCUT2D eigenvalue weighted by Crippen LogP contribution is -1.97. The summed E-state index contributed by atoms with van der Waals surface area (Å²) in [6.07, 6.45) is 5.31. The molecule has 0 saturated heterocycles. The summed E-state index contributed by atoms with van der Waals surface area (Å²) in [6.45, 7) is 0. The van der Waals surface area contributed by atoms with Crippen molar-refractivity contribution >= 4 is 5.78 Å². The van der Waals surface area contributed by atoms with Crippen molar-refractivity contribution in [2.45, 2.75) is 6.42 Å². The number of rotatable bonds is 4. The molecule has 0 amide bonds. The molecule has 2 aromatic rings. The molecular formula is C13H12FN3O. The lowest BCUT2D eigenvalue weighted by Gasteiger charge is -1.96. The second-order valence-electron chi connectivity index (χ2n) is 3.84. The van der Waals surface area contributed by atoms with Gasteiger partial charge in [0.15, 0.2) is 5.78 Å². The van der Waals surface area contributed by atoms with Crippen LogP contribution in [0, 0.1) is 5.82 Å². The molecule has 1 aromatic heterocycles. The van der Waals surface area contributed by atoms with E-state index in [4.69, 9.17) is 0 Å². The van der Waals surface area contributed by atoms with E-state index in [9.17, 15) is 9.18 Å². The molecule has 0 aliphatic heterocycles. The Morgan fingerprint density at radius 1 is 1.39 bits per heavy atom. The standard InChI is InChI=1S/C13H12FN3O/c1-17-9-15-16-13(17)4-2-3-12(18)10-5-7-11(14)8-6-10/h2-3,5-9H,4H2,1H3/b3-2+. The third kappa shape index (κ3) is 2.88. The van der Waals surface area contributed by atoms with Gasteiger partial charge in [-0.05, 0) is 30.3 Å². The third-order valence-corrected chi connectivity index (χ3v) is 2.50. The van der Waals surface area contributed by atoms with Crippen LogP contribution in [-0.4, -0.2) is 20.5 Å². The number of benzene rings is 1. The smallest absolute Gasteiger partial charge is 0.185 e. The Bertz CT molecular complexity index is 572. The van der Waals surface area contributed by atoms with Gasteiger partial charge in [0.1, 0.15) is 18.0 Å². The number of ketones is 1. The van der Waals surface area contributed by atoms with Crippen LogP contribution in [0.2, 0.25) is 0 Å². The largest absolute Gasteiger partial charge is 0.320 e. The highest BCUT2D eigenvalue weighted by molar-refractivity contribution is 6.04. The normalized spacial score (nSPS) is 11.0. The van der Waals surface area contributed by atoms with Gasteiger partial charge in [0.25, 0.3) is 0 Å². The van der Waals surface area contributed by atoms with Gasteiger partial charge in [0.2, 0.25) is 0 Å². The van der Waals surface area contributed by atoms with Crippen molar-refractivity contribution in [3.8, 4) is 0 Å². The first-order valence-electron chi connectivity index (χ1n) is 5.46. The number of carbonyl (C=O) groups is 1. The quantitative estimate of drug-likeness (QED) is 0.611. The summed E-state index contributed by atoms with van der Waals surface area (Å²) in [5.41, 5.74) is 0.464. The Kier molecular flexibility index (Phi) is 3.62. The first kappa shape index (κ1) is 12.2. The molecule has 0 N–H and O–H groups in total. The highest BCUT2D eigenvalue weighted by atomic mass is 19.1. The SMILES string of the molecule is Cn1cnnc1C/C=C/C(=O)c1ccc(F)cc1. The zero-order chi connectivity index (χ0) is 13.0. The number of halogens is 1. The summed E-state index contributed by atoms with van der Waals surface area (Å²) < 4.78 is 14.5. The van der Waals surface area contributed by atoms with Crippen LogP contribution in [0.3, 0.4) is 0 Å². The predicted molar refractivity (Wildman–Crippen MR) is 64.6 cm³/mol. The number of aryl methyl sites for hydroxylation is 1. The molecule has 0 aliphatic rings. The van der Waals surface area contributed by atoms with Gasteiger partial charge in [0, 0.05) is 19.0 Å². The van der Waals surface area contributed by atoms with Crippen molar-refractivity contribution < 1.29 is 9.18 Å². The number of hydrogen-bond donors (Lipinski definition) is 0. The van der Waals surface area contributed by atoms with Crippen molar-refractivity contribution in [1.29, 1.82) is 0 Å². The van der Waals surface area contributed by atoms with Crippen LogP contribution in [0.25, 0.3) is 0 Å². The molecular weight excluding hydrogens is 233 g/mol. The molecule has 4 nitrogen and oxygen atoms in total. The fourth-order valence-corrected chi connectivity index (χ4v) is 1.47. The number of allylic oxidation sites excluding steroid dienone is 2. The predicted octanol–water partition coefficient (Wildman–Crippen LogP) is 1.94. The van der Waals surface area contributed by atoms with Crippen LogP contribution in [0.4, 0.5) is 4.39 Å². The van der Waals surface area contributed by atoms with Crippen molar-refractivity contribution in [1.82, 2.24) is 14.8 Å². The maximum atomic E-state index is 12.7. The Morgan fingerprint density at radius 3 is 2.72 bits per heavy atom. The van der Waals surface area contributed by atoms with Crippen LogP contribution in [-0.2, 0) is 13.5 Å². The number of carbonyl (C=O) groups excluding carboxylic acids is 1. The molecule has 18 heavy (non-hydrogen) atoms. The van der Waals surface area contributed by atoms with Gasteiger partial charge in [-0.25, -0.2) is 4.39 Å². The lowest BCUT2D eigenvalue weighted by atomic mass is 10.1. The van der Waals surface area contributed by atoms with Gasteiger partial charge in [-0.15, -0.1) is 10.2 Å². The molecule has 1 aromatic carbocycles. The monoisotopic (exact) mass is 245 g/mol. The van der Waals surface area contributed by atoms with Gasteiger partial charge >= 0.3 is 0 Å². The summed E-state index contributed by atoms with van der Waals surface area (Å²) in [7, 11) is 1.84. The summed E-state index contributed by atoms with van der Waals surface area (Å²) in [4.78, 5) is 11.7. The third-order valence-electron chi connectivity index (χ3n) is 2.50. The van der Waals surface area contributed by atoms with E-state index in [1.807, 2.05) is 7.05 Å². The zero-order valence-electron chi connectivity index (χ0n) is 9.88. The highest BCUT2D eigenvalue weighted by Crippen LogP contribution is 2.05. The maximum Gasteiger partial charge on any atom is 0.185 e. The Hall–Kier alpha value is -2.30. The van der Waals surface area contributed by atoms with Crippen molar-refractivity contribution in [3.05, 3.63) is 59.9 Å². The molecule has 0 atom stereocenters. The first-order chi connectivity index (χ1) is 8.66. The topological polar surface area (TPSA) is 47.8 Å². The molecule has 0 bridgehead atoms. The van der Waals surface area contributed by atoms with E-state index < -0.39 is 0 Å². The Balaban J connectivity index is 1.99. The summed E-state index contributed by atoms with van der Waals surface area (Å²) >= 11 is 0. The van der Waals surface area contributed by atoms with Gasteiger partial charge < -0.3 is 4.57 Å². The Labute approximate surface area is 104 Å². The molecule has 0 unspecified atom stereocenters. The average molecular weight is 245 g/mol. The average Bonchev–Trinajstić information content (AvgIpc) is 2.76. The molecule has 1 heterocycles. The molecule has 92 valence electrons. The van der Waals surface area contributed by atoms with Crippen molar-refractivity contribution in [2.75, 3.05) is 0 Å². The van der Waals surface area contributed by atoms with E-state index in [0.29, 0.717) is 12.0 Å². The second kappa shape index (κ2) is 5.35. The van der Waals surface area contributed by atoms with Crippen LogP contribution in [0.1, 0.15) is 16.2 Å². The van der Waals surface area contributed by atoms with Crippen LogP contribution < -0.4 is 0 Å². The van der Waals surface area contributed by atoms with Gasteiger partial charge in [-0.2, -0.15) is 0 Å². The minimum Gasteiger partial charge on any atom is -0.320 e. The Morgan fingerprint density at radius 2 is 2.11 bits per heavy atom. The summed E-state index contributed by atoms with van der Waals surface area (Å²) in [5.74, 6) is 0.268. The molecule has 0 fully saturated rings. The van der Waals surface area contributed by atoms with Crippen molar-refractivity contribution in [2.24, 2.45) is 7.05 Å². The molecule has 0 saturated carbocycles. The van der Waals surface area contributed by atoms with E-state index in [1.54, 1.807) is 17.0 Å². The fourth-order valence-electron chi connectivity index (χ4n) is 1.47. The molecule has 0 spiro atoms. The summed E-state index contributed by atoms with van der Waals surface area (Å²) in [5, 5.41) is 7.64. The van der Waals surface area contributed by atoms with E-state index in [-0.39, 0.29) is 11.6 Å². The number of hydrogen-bond acceptors (Lipinski definition) is 3. The molecule has 5 heteroatoms. The number of aromatic nitrogens is 3.